The number of rotatable bonds is 3. The monoisotopic (exact) mass is 267 g/mol. The van der Waals surface area contributed by atoms with Crippen LogP contribution in [0.1, 0.15) is 44.3 Å². The van der Waals surface area contributed by atoms with Crippen LogP contribution < -0.4 is 0 Å². The van der Waals surface area contributed by atoms with E-state index in [-0.39, 0.29) is 11.7 Å². The Hall–Kier alpha value is -0.980. The van der Waals surface area contributed by atoms with Crippen LogP contribution in [0.2, 0.25) is 0 Å². The first-order valence-corrected chi connectivity index (χ1v) is 7.00. The van der Waals surface area contributed by atoms with Gasteiger partial charge in [0.05, 0.1) is 26.3 Å². The zero-order valence-electron chi connectivity index (χ0n) is 11.6. The lowest BCUT2D eigenvalue weighted by Crippen LogP contribution is -2.48. The molecule has 0 N–H and O–H groups in total. The smallest absolute Gasteiger partial charge is 0.229 e. The zero-order chi connectivity index (χ0) is 13.3. The van der Waals surface area contributed by atoms with Crippen molar-refractivity contribution in [1.29, 1.82) is 0 Å². The molecule has 0 saturated carbocycles. The lowest BCUT2D eigenvalue weighted by Gasteiger charge is -2.37. The summed E-state index contributed by atoms with van der Waals surface area (Å²) < 4.78 is 16.8. The molecule has 3 rings (SSSR count). The molecule has 0 radical (unpaired) electrons. The number of aromatic nitrogens is 2. The van der Waals surface area contributed by atoms with Crippen molar-refractivity contribution in [2.24, 2.45) is 0 Å². The molecule has 0 amide bonds. The van der Waals surface area contributed by atoms with Crippen molar-refractivity contribution in [3.05, 3.63) is 11.7 Å². The number of likely N-dealkylation sites (tertiary alicyclic amines) is 1. The van der Waals surface area contributed by atoms with Gasteiger partial charge in [-0.1, -0.05) is 19.0 Å². The van der Waals surface area contributed by atoms with E-state index >= 15 is 0 Å². The van der Waals surface area contributed by atoms with Crippen LogP contribution in [0.25, 0.3) is 0 Å². The normalized spacial score (nSPS) is 23.5. The summed E-state index contributed by atoms with van der Waals surface area (Å²) in [4.78, 5) is 6.70. The van der Waals surface area contributed by atoms with E-state index in [0.717, 1.165) is 31.8 Å². The van der Waals surface area contributed by atoms with E-state index in [0.29, 0.717) is 25.6 Å². The van der Waals surface area contributed by atoms with Crippen LogP contribution in [-0.4, -0.2) is 47.1 Å². The highest BCUT2D eigenvalue weighted by atomic mass is 16.7. The molecule has 0 aromatic carbocycles. The first-order chi connectivity index (χ1) is 9.17. The number of piperidine rings is 1. The summed E-state index contributed by atoms with van der Waals surface area (Å²) in [6, 6.07) is 0. The average molecular weight is 267 g/mol. The molecule has 1 aromatic heterocycles. The summed E-state index contributed by atoms with van der Waals surface area (Å²) in [5.41, 5.74) is 0. The zero-order valence-corrected chi connectivity index (χ0v) is 11.6. The first-order valence-electron chi connectivity index (χ1n) is 7.00. The van der Waals surface area contributed by atoms with Crippen LogP contribution in [0.15, 0.2) is 4.52 Å². The minimum Gasteiger partial charge on any atom is -0.346 e. The fraction of sp³-hybridized carbons (Fsp3) is 0.846. The molecule has 0 aliphatic carbocycles. The van der Waals surface area contributed by atoms with Gasteiger partial charge in [-0.15, -0.1) is 0 Å². The first kappa shape index (κ1) is 13.0. The second-order valence-corrected chi connectivity index (χ2v) is 5.63. The molecule has 0 bridgehead atoms. The van der Waals surface area contributed by atoms with E-state index in [2.05, 4.69) is 15.0 Å². The predicted molar refractivity (Wildman–Crippen MR) is 67.5 cm³/mol. The third-order valence-corrected chi connectivity index (χ3v) is 3.65. The number of nitrogens with zero attached hydrogens (tertiary/aromatic N) is 3. The summed E-state index contributed by atoms with van der Waals surface area (Å²) in [6.07, 6.45) is 2.06. The van der Waals surface area contributed by atoms with E-state index in [1.807, 2.05) is 13.8 Å². The molecule has 0 unspecified atom stereocenters. The van der Waals surface area contributed by atoms with Crippen LogP contribution >= 0.6 is 0 Å². The molecular formula is C13H21N3O3. The van der Waals surface area contributed by atoms with E-state index < -0.39 is 0 Å². The molecule has 1 spiro atoms. The van der Waals surface area contributed by atoms with Crippen molar-refractivity contribution in [2.45, 2.75) is 44.9 Å². The standard InChI is InChI=1S/C13H21N3O3/c1-10(2)12-14-11(15-19-12)8-16-5-3-4-13(9-16)17-6-7-18-13/h10H,3-9H2,1-2H3. The Bertz CT molecular complexity index is 427. The number of hydrogen-bond acceptors (Lipinski definition) is 6. The van der Waals surface area contributed by atoms with Crippen molar-refractivity contribution < 1.29 is 14.0 Å². The minimum atomic E-state index is -0.386. The Morgan fingerprint density at radius 2 is 2.11 bits per heavy atom. The largest absolute Gasteiger partial charge is 0.346 e. The molecule has 6 heteroatoms. The van der Waals surface area contributed by atoms with Gasteiger partial charge in [0.2, 0.25) is 5.89 Å². The van der Waals surface area contributed by atoms with Gasteiger partial charge >= 0.3 is 0 Å². The van der Waals surface area contributed by atoms with Gasteiger partial charge < -0.3 is 14.0 Å². The maximum absolute atomic E-state index is 5.76. The molecule has 106 valence electrons. The summed E-state index contributed by atoms with van der Waals surface area (Å²) in [5.74, 6) is 1.34. The van der Waals surface area contributed by atoms with Crippen LogP contribution in [0.4, 0.5) is 0 Å². The minimum absolute atomic E-state index is 0.274. The molecular weight excluding hydrogens is 246 g/mol. The van der Waals surface area contributed by atoms with Crippen molar-refractivity contribution in [3.8, 4) is 0 Å². The fourth-order valence-electron chi connectivity index (χ4n) is 2.70. The molecule has 2 aliphatic heterocycles. The average Bonchev–Trinajstić information content (AvgIpc) is 3.00. The van der Waals surface area contributed by atoms with Crippen molar-refractivity contribution in [3.63, 3.8) is 0 Å². The third-order valence-electron chi connectivity index (χ3n) is 3.65. The molecule has 2 fully saturated rings. The second kappa shape index (κ2) is 5.19. The molecule has 2 aliphatic rings. The second-order valence-electron chi connectivity index (χ2n) is 5.63. The van der Waals surface area contributed by atoms with E-state index in [1.54, 1.807) is 0 Å². The van der Waals surface area contributed by atoms with Gasteiger partial charge in [0.1, 0.15) is 0 Å². The van der Waals surface area contributed by atoms with Crippen molar-refractivity contribution in [1.82, 2.24) is 15.0 Å². The van der Waals surface area contributed by atoms with Crippen LogP contribution in [-0.2, 0) is 16.0 Å². The lowest BCUT2D eigenvalue weighted by molar-refractivity contribution is -0.190. The molecule has 2 saturated heterocycles. The van der Waals surface area contributed by atoms with Gasteiger partial charge in [-0.05, 0) is 13.0 Å². The predicted octanol–water partition coefficient (Wildman–Crippen LogP) is 1.53. The lowest BCUT2D eigenvalue weighted by atomic mass is 10.0. The maximum atomic E-state index is 5.76. The Labute approximate surface area is 113 Å². The van der Waals surface area contributed by atoms with E-state index in [4.69, 9.17) is 14.0 Å². The van der Waals surface area contributed by atoms with Crippen molar-refractivity contribution in [2.75, 3.05) is 26.3 Å². The van der Waals surface area contributed by atoms with Gasteiger partial charge in [0.25, 0.3) is 0 Å². The summed E-state index contributed by atoms with van der Waals surface area (Å²) >= 11 is 0. The molecule has 0 atom stereocenters. The molecule has 6 nitrogen and oxygen atoms in total. The summed E-state index contributed by atoms with van der Waals surface area (Å²) in [5, 5.41) is 4.04. The van der Waals surface area contributed by atoms with Gasteiger partial charge in [0.15, 0.2) is 11.6 Å². The Kier molecular flexibility index (Phi) is 3.56. The van der Waals surface area contributed by atoms with Crippen LogP contribution in [0.3, 0.4) is 0 Å². The molecule has 1 aromatic rings. The Balaban J connectivity index is 1.62. The summed E-state index contributed by atoms with van der Waals surface area (Å²) in [6.45, 7) is 8.02. The summed E-state index contributed by atoms with van der Waals surface area (Å²) in [7, 11) is 0. The fourth-order valence-corrected chi connectivity index (χ4v) is 2.70. The highest BCUT2D eigenvalue weighted by Crippen LogP contribution is 2.30. The van der Waals surface area contributed by atoms with Crippen molar-refractivity contribution >= 4 is 0 Å². The van der Waals surface area contributed by atoms with Gasteiger partial charge in [-0.2, -0.15) is 4.98 Å². The van der Waals surface area contributed by atoms with E-state index in [1.165, 1.54) is 0 Å². The van der Waals surface area contributed by atoms with E-state index in [9.17, 15) is 0 Å². The highest BCUT2D eigenvalue weighted by molar-refractivity contribution is 4.92. The Morgan fingerprint density at radius 1 is 1.32 bits per heavy atom. The topological polar surface area (TPSA) is 60.6 Å². The molecule has 19 heavy (non-hydrogen) atoms. The maximum Gasteiger partial charge on any atom is 0.229 e. The van der Waals surface area contributed by atoms with Gasteiger partial charge in [-0.3, -0.25) is 4.90 Å². The van der Waals surface area contributed by atoms with Gasteiger partial charge in [-0.25, -0.2) is 0 Å². The van der Waals surface area contributed by atoms with Gasteiger partial charge in [0, 0.05) is 12.3 Å². The van der Waals surface area contributed by atoms with Crippen LogP contribution in [0.5, 0.6) is 0 Å². The molecule has 3 heterocycles. The quantitative estimate of drug-likeness (QED) is 0.827. The SMILES string of the molecule is CC(C)c1nc(CN2CCCC3(C2)OCCO3)no1. The number of ether oxygens (including phenoxy) is 2. The number of hydrogen-bond donors (Lipinski definition) is 0. The highest BCUT2D eigenvalue weighted by Gasteiger charge is 2.40. The third kappa shape index (κ3) is 2.80. The Morgan fingerprint density at radius 3 is 2.79 bits per heavy atom. The van der Waals surface area contributed by atoms with Crippen LogP contribution in [0, 0.1) is 0 Å².